The standard InChI is InChI=1S/C24H36Si/c1-16-13-17(2)15-23(14-16)25(7,22-11-9-8-10-12-22)24-20(5)18(3)19(4)21(24)6/h13-15,20,22H,8-12H2,1-7H3. The predicted molar refractivity (Wildman–Crippen MR) is 114 cm³/mol. The van der Waals surface area contributed by atoms with E-state index in [1.165, 1.54) is 43.2 Å². The number of aryl methyl sites for hydroxylation is 2. The molecule has 0 aliphatic heterocycles. The second kappa shape index (κ2) is 6.91. The van der Waals surface area contributed by atoms with Gasteiger partial charge in [0.05, 0.1) is 0 Å². The first-order valence-electron chi connectivity index (χ1n) is 10.2. The second-order valence-corrected chi connectivity index (χ2v) is 13.3. The van der Waals surface area contributed by atoms with Gasteiger partial charge in [-0.25, -0.2) is 0 Å². The van der Waals surface area contributed by atoms with E-state index >= 15 is 0 Å². The molecule has 0 nitrogen and oxygen atoms in total. The third-order valence-electron chi connectivity index (χ3n) is 7.44. The molecular weight excluding hydrogens is 316 g/mol. The summed E-state index contributed by atoms with van der Waals surface area (Å²) in [6.07, 6.45) is 7.20. The lowest BCUT2D eigenvalue weighted by Gasteiger charge is -2.43. The van der Waals surface area contributed by atoms with E-state index in [0.717, 1.165) is 5.54 Å². The Balaban J connectivity index is 2.20. The van der Waals surface area contributed by atoms with Crippen molar-refractivity contribution in [3.05, 3.63) is 51.2 Å². The third-order valence-corrected chi connectivity index (χ3v) is 13.1. The van der Waals surface area contributed by atoms with Crippen molar-refractivity contribution in [2.75, 3.05) is 0 Å². The van der Waals surface area contributed by atoms with Gasteiger partial charge in [-0.15, -0.1) is 0 Å². The molecular formula is C24H36Si. The summed E-state index contributed by atoms with van der Waals surface area (Å²) in [5.41, 5.74) is 8.61. The Morgan fingerprint density at radius 2 is 1.36 bits per heavy atom. The molecule has 3 rings (SSSR count). The molecule has 0 amide bonds. The van der Waals surface area contributed by atoms with Gasteiger partial charge < -0.3 is 0 Å². The summed E-state index contributed by atoms with van der Waals surface area (Å²) in [5, 5.41) is 3.54. The molecule has 0 N–H and O–H groups in total. The second-order valence-electron chi connectivity index (χ2n) is 8.98. The maximum absolute atomic E-state index is 2.71. The predicted octanol–water partition coefficient (Wildman–Crippen LogP) is 6.77. The molecule has 1 heteroatoms. The van der Waals surface area contributed by atoms with E-state index in [9.17, 15) is 0 Å². The summed E-state index contributed by atoms with van der Waals surface area (Å²) in [4.78, 5) is 0. The highest BCUT2D eigenvalue weighted by Gasteiger charge is 2.46. The maximum Gasteiger partial charge on any atom is 0.114 e. The fourth-order valence-corrected chi connectivity index (χ4v) is 11.7. The van der Waals surface area contributed by atoms with Gasteiger partial charge in [0.1, 0.15) is 8.07 Å². The summed E-state index contributed by atoms with van der Waals surface area (Å²) >= 11 is 0. The molecule has 2 atom stereocenters. The third kappa shape index (κ3) is 3.10. The lowest BCUT2D eigenvalue weighted by atomic mass is 10.0. The number of allylic oxidation sites excluding steroid dienone is 4. The average molecular weight is 353 g/mol. The average Bonchev–Trinajstić information content (AvgIpc) is 2.78. The number of rotatable bonds is 3. The Labute approximate surface area is 156 Å². The first kappa shape index (κ1) is 18.7. The normalized spacial score (nSPS) is 24.8. The minimum Gasteiger partial charge on any atom is -0.0657 e. The molecule has 1 aromatic rings. The van der Waals surface area contributed by atoms with E-state index in [-0.39, 0.29) is 0 Å². The van der Waals surface area contributed by atoms with Crippen LogP contribution in [0.2, 0.25) is 12.1 Å². The van der Waals surface area contributed by atoms with E-state index in [2.05, 4.69) is 66.3 Å². The molecule has 25 heavy (non-hydrogen) atoms. The van der Waals surface area contributed by atoms with Crippen LogP contribution in [0.4, 0.5) is 0 Å². The van der Waals surface area contributed by atoms with Crippen LogP contribution in [0.25, 0.3) is 0 Å². The van der Waals surface area contributed by atoms with Gasteiger partial charge in [-0.05, 0) is 51.7 Å². The van der Waals surface area contributed by atoms with Gasteiger partial charge >= 0.3 is 0 Å². The van der Waals surface area contributed by atoms with Crippen LogP contribution in [0.3, 0.4) is 0 Å². The van der Waals surface area contributed by atoms with Crippen LogP contribution in [-0.2, 0) is 0 Å². The van der Waals surface area contributed by atoms with Crippen molar-refractivity contribution in [1.29, 1.82) is 0 Å². The topological polar surface area (TPSA) is 0 Å². The van der Waals surface area contributed by atoms with Crippen molar-refractivity contribution in [3.63, 3.8) is 0 Å². The summed E-state index contributed by atoms with van der Waals surface area (Å²) in [7, 11) is -1.73. The van der Waals surface area contributed by atoms with Gasteiger partial charge in [0.15, 0.2) is 0 Å². The summed E-state index contributed by atoms with van der Waals surface area (Å²) < 4.78 is 0. The molecule has 136 valence electrons. The van der Waals surface area contributed by atoms with Gasteiger partial charge in [0.25, 0.3) is 0 Å². The van der Waals surface area contributed by atoms with Crippen LogP contribution >= 0.6 is 0 Å². The lowest BCUT2D eigenvalue weighted by molar-refractivity contribution is 0.493. The highest BCUT2D eigenvalue weighted by molar-refractivity contribution is 6.98. The maximum atomic E-state index is 2.71. The fourth-order valence-electron chi connectivity index (χ4n) is 5.77. The Morgan fingerprint density at radius 3 is 1.84 bits per heavy atom. The lowest BCUT2D eigenvalue weighted by Crippen LogP contribution is -2.53. The molecule has 2 aliphatic rings. The monoisotopic (exact) mass is 352 g/mol. The van der Waals surface area contributed by atoms with E-state index in [1.54, 1.807) is 21.9 Å². The van der Waals surface area contributed by atoms with Crippen molar-refractivity contribution in [3.8, 4) is 0 Å². The largest absolute Gasteiger partial charge is 0.114 e. The van der Waals surface area contributed by atoms with Crippen LogP contribution in [-0.4, -0.2) is 8.07 Å². The number of hydrogen-bond acceptors (Lipinski definition) is 0. The van der Waals surface area contributed by atoms with E-state index in [0.29, 0.717) is 5.92 Å². The van der Waals surface area contributed by atoms with Crippen LogP contribution in [0.5, 0.6) is 0 Å². The smallest absolute Gasteiger partial charge is 0.0657 e. The molecule has 0 bridgehead atoms. The number of hydrogen-bond donors (Lipinski definition) is 0. The molecule has 0 saturated heterocycles. The van der Waals surface area contributed by atoms with Crippen molar-refractivity contribution in [2.24, 2.45) is 5.92 Å². The molecule has 0 radical (unpaired) electrons. The van der Waals surface area contributed by atoms with E-state index < -0.39 is 8.07 Å². The van der Waals surface area contributed by atoms with Gasteiger partial charge in [0, 0.05) is 0 Å². The Bertz CT molecular complexity index is 710. The van der Waals surface area contributed by atoms with E-state index in [1.807, 2.05) is 5.20 Å². The summed E-state index contributed by atoms with van der Waals surface area (Å²) in [6, 6.07) is 7.40. The zero-order chi connectivity index (χ0) is 18.4. The SMILES string of the molecule is CC1=C(C)C(C)C([Si](C)(c2cc(C)cc(C)c2)C2CCCCC2)=C1C. The summed E-state index contributed by atoms with van der Waals surface area (Å²) in [5.74, 6) is 0.638. The fraction of sp³-hybridized carbons (Fsp3) is 0.583. The minimum absolute atomic E-state index is 0.638. The molecule has 2 unspecified atom stereocenters. The molecule has 2 aliphatic carbocycles. The highest BCUT2D eigenvalue weighted by atomic mass is 28.3. The minimum atomic E-state index is -1.73. The molecule has 1 aromatic carbocycles. The Hall–Kier alpha value is -1.08. The first-order chi connectivity index (χ1) is 11.8. The zero-order valence-electron chi connectivity index (χ0n) is 17.4. The number of benzene rings is 1. The Morgan fingerprint density at radius 1 is 0.800 bits per heavy atom. The van der Waals surface area contributed by atoms with Crippen molar-refractivity contribution in [1.82, 2.24) is 0 Å². The van der Waals surface area contributed by atoms with Crippen LogP contribution in [0.15, 0.2) is 40.1 Å². The van der Waals surface area contributed by atoms with Crippen molar-refractivity contribution in [2.45, 2.75) is 85.7 Å². The Kier molecular flexibility index (Phi) is 5.17. The molecule has 0 aromatic heterocycles. The van der Waals surface area contributed by atoms with Crippen molar-refractivity contribution >= 4 is 13.3 Å². The summed E-state index contributed by atoms with van der Waals surface area (Å²) in [6.45, 7) is 16.9. The van der Waals surface area contributed by atoms with Crippen molar-refractivity contribution < 1.29 is 0 Å². The molecule has 0 heterocycles. The molecule has 1 fully saturated rings. The van der Waals surface area contributed by atoms with Crippen LogP contribution in [0, 0.1) is 19.8 Å². The van der Waals surface area contributed by atoms with Gasteiger partial charge in [-0.2, -0.15) is 0 Å². The van der Waals surface area contributed by atoms with E-state index in [4.69, 9.17) is 0 Å². The van der Waals surface area contributed by atoms with Crippen LogP contribution in [0.1, 0.15) is 70.9 Å². The first-order valence-corrected chi connectivity index (χ1v) is 12.8. The van der Waals surface area contributed by atoms with Gasteiger partial charge in [-0.3, -0.25) is 0 Å². The van der Waals surface area contributed by atoms with Gasteiger partial charge in [-0.1, -0.05) is 96.4 Å². The zero-order valence-corrected chi connectivity index (χ0v) is 18.4. The van der Waals surface area contributed by atoms with Gasteiger partial charge in [0.2, 0.25) is 0 Å². The quantitative estimate of drug-likeness (QED) is 0.527. The highest BCUT2D eigenvalue weighted by Crippen LogP contribution is 2.48. The molecule has 0 spiro atoms. The van der Waals surface area contributed by atoms with Crippen LogP contribution < -0.4 is 5.19 Å². The molecule has 1 saturated carbocycles.